The molecule has 1 aliphatic heterocycles. The molecule has 0 unspecified atom stereocenters. The van der Waals surface area contributed by atoms with Crippen LogP contribution >= 0.6 is 0 Å². The van der Waals surface area contributed by atoms with Gasteiger partial charge in [0.2, 0.25) is 11.8 Å². The number of hydrogen-bond acceptors (Lipinski definition) is 4. The van der Waals surface area contributed by atoms with Gasteiger partial charge in [0.05, 0.1) is 18.7 Å². The van der Waals surface area contributed by atoms with Crippen LogP contribution in [0, 0.1) is 5.92 Å². The number of hydrogen-bond donors (Lipinski definition) is 0. The third kappa shape index (κ3) is 5.05. The van der Waals surface area contributed by atoms with Crippen LogP contribution in [0.3, 0.4) is 0 Å². The van der Waals surface area contributed by atoms with Gasteiger partial charge in [-0.1, -0.05) is 12.1 Å². The molecule has 9 heteroatoms. The normalized spacial score (nSPS) is 17.1. The van der Waals surface area contributed by atoms with Gasteiger partial charge in [0, 0.05) is 26.6 Å². The van der Waals surface area contributed by atoms with Gasteiger partial charge in [-0.25, -0.2) is 0 Å². The lowest BCUT2D eigenvalue weighted by molar-refractivity contribution is -0.274. The van der Waals surface area contributed by atoms with E-state index in [-0.39, 0.29) is 30.5 Å². The number of ether oxygens (including phenoxy) is 1. The van der Waals surface area contributed by atoms with Crippen LogP contribution in [-0.4, -0.2) is 41.6 Å². The van der Waals surface area contributed by atoms with Crippen molar-refractivity contribution >= 4 is 11.8 Å². The molecule has 3 rings (SSSR count). The number of alkyl halides is 3. The average molecular weight is 396 g/mol. The van der Waals surface area contributed by atoms with Gasteiger partial charge in [-0.15, -0.1) is 13.2 Å². The molecule has 1 aromatic heterocycles. The van der Waals surface area contributed by atoms with E-state index in [1.807, 2.05) is 0 Å². The molecule has 0 bridgehead atoms. The molecule has 0 N–H and O–H groups in total. The summed E-state index contributed by atoms with van der Waals surface area (Å²) >= 11 is 0. The fourth-order valence-electron chi connectivity index (χ4n) is 3.14. The molecule has 1 fully saturated rings. The number of likely N-dealkylation sites (tertiary alicyclic amines) is 1. The summed E-state index contributed by atoms with van der Waals surface area (Å²) < 4.78 is 45.7. The highest BCUT2D eigenvalue weighted by molar-refractivity contribution is 5.89. The molecule has 1 saturated heterocycles. The molecule has 0 saturated carbocycles. The van der Waals surface area contributed by atoms with Crippen molar-refractivity contribution in [3.63, 3.8) is 0 Å². The van der Waals surface area contributed by atoms with Gasteiger partial charge >= 0.3 is 6.36 Å². The lowest BCUT2D eigenvalue weighted by Gasteiger charge is -2.21. The maximum Gasteiger partial charge on any atom is 0.573 e. The molecule has 6 nitrogen and oxygen atoms in total. The highest BCUT2D eigenvalue weighted by atomic mass is 19.4. The van der Waals surface area contributed by atoms with Crippen LogP contribution in [0.15, 0.2) is 47.1 Å². The first kappa shape index (κ1) is 19.8. The Morgan fingerprint density at radius 1 is 1.29 bits per heavy atom. The Morgan fingerprint density at radius 3 is 2.61 bits per heavy atom. The summed E-state index contributed by atoms with van der Waals surface area (Å²) in [5.74, 6) is -0.431. The molecule has 150 valence electrons. The molecule has 0 radical (unpaired) electrons. The van der Waals surface area contributed by atoms with Crippen molar-refractivity contribution in [2.45, 2.75) is 25.9 Å². The lowest BCUT2D eigenvalue weighted by Crippen LogP contribution is -2.34. The van der Waals surface area contributed by atoms with Crippen LogP contribution in [-0.2, 0) is 22.7 Å². The van der Waals surface area contributed by atoms with Crippen molar-refractivity contribution in [2.24, 2.45) is 5.92 Å². The van der Waals surface area contributed by atoms with Crippen molar-refractivity contribution in [2.75, 3.05) is 13.6 Å². The zero-order valence-corrected chi connectivity index (χ0v) is 15.1. The molecular weight excluding hydrogens is 377 g/mol. The minimum Gasteiger partial charge on any atom is -0.467 e. The topological polar surface area (TPSA) is 63.0 Å². The van der Waals surface area contributed by atoms with Gasteiger partial charge in [-0.3, -0.25) is 9.59 Å². The monoisotopic (exact) mass is 396 g/mol. The van der Waals surface area contributed by atoms with E-state index < -0.39 is 12.3 Å². The van der Waals surface area contributed by atoms with E-state index in [4.69, 9.17) is 4.42 Å². The van der Waals surface area contributed by atoms with E-state index in [9.17, 15) is 22.8 Å². The minimum atomic E-state index is -4.75. The number of carbonyl (C=O) groups excluding carboxylic acids is 2. The fourth-order valence-corrected chi connectivity index (χ4v) is 3.14. The first-order valence-corrected chi connectivity index (χ1v) is 8.61. The summed E-state index contributed by atoms with van der Waals surface area (Å²) in [4.78, 5) is 27.9. The highest BCUT2D eigenvalue weighted by Gasteiger charge is 2.36. The zero-order chi connectivity index (χ0) is 20.3. The van der Waals surface area contributed by atoms with Crippen molar-refractivity contribution in [3.05, 3.63) is 54.0 Å². The van der Waals surface area contributed by atoms with E-state index in [1.54, 1.807) is 24.1 Å². The number of furan rings is 1. The summed E-state index contributed by atoms with van der Waals surface area (Å²) in [7, 11) is 1.60. The van der Waals surface area contributed by atoms with Crippen LogP contribution in [0.1, 0.15) is 17.7 Å². The molecule has 0 spiro atoms. The fraction of sp³-hybridized carbons (Fsp3) is 0.368. The minimum absolute atomic E-state index is 0.114. The maximum absolute atomic E-state index is 12.6. The quantitative estimate of drug-likeness (QED) is 0.753. The highest BCUT2D eigenvalue weighted by Crippen LogP contribution is 2.25. The van der Waals surface area contributed by atoms with E-state index in [0.29, 0.717) is 24.4 Å². The SMILES string of the molecule is CN(Cc1ccc(OC(F)(F)F)cc1)C(=O)[C@H]1CC(=O)N(Cc2ccco2)C1. The Labute approximate surface area is 159 Å². The second-order valence-electron chi connectivity index (χ2n) is 6.64. The molecule has 2 aromatic rings. The smallest absolute Gasteiger partial charge is 0.467 e. The summed E-state index contributed by atoms with van der Waals surface area (Å²) in [6.07, 6.45) is -3.09. The Bertz CT molecular complexity index is 819. The number of amides is 2. The van der Waals surface area contributed by atoms with Crippen LogP contribution in [0.25, 0.3) is 0 Å². The van der Waals surface area contributed by atoms with E-state index in [2.05, 4.69) is 4.74 Å². The lowest BCUT2D eigenvalue weighted by atomic mass is 10.1. The summed E-state index contributed by atoms with van der Waals surface area (Å²) in [5.41, 5.74) is 0.655. The third-order valence-corrected chi connectivity index (χ3v) is 4.44. The molecule has 1 atom stereocenters. The van der Waals surface area contributed by atoms with Crippen LogP contribution in [0.2, 0.25) is 0 Å². The first-order chi connectivity index (χ1) is 13.2. The summed E-state index contributed by atoms with van der Waals surface area (Å²) in [6, 6.07) is 8.83. The van der Waals surface area contributed by atoms with E-state index >= 15 is 0 Å². The molecule has 2 heterocycles. The van der Waals surface area contributed by atoms with E-state index in [1.165, 1.54) is 35.4 Å². The Hall–Kier alpha value is -2.97. The molecular formula is C19H19F3N2O4. The Kier molecular flexibility index (Phi) is 5.62. The number of nitrogens with zero attached hydrogens (tertiary/aromatic N) is 2. The van der Waals surface area contributed by atoms with Gasteiger partial charge in [0.1, 0.15) is 11.5 Å². The van der Waals surface area contributed by atoms with Crippen LogP contribution in [0.4, 0.5) is 13.2 Å². The van der Waals surface area contributed by atoms with Gasteiger partial charge in [0.25, 0.3) is 0 Å². The number of halogens is 3. The largest absolute Gasteiger partial charge is 0.573 e. The second kappa shape index (κ2) is 7.95. The molecule has 1 aromatic carbocycles. The molecule has 1 aliphatic rings. The molecule has 0 aliphatic carbocycles. The zero-order valence-electron chi connectivity index (χ0n) is 15.1. The van der Waals surface area contributed by atoms with Gasteiger partial charge in [-0.2, -0.15) is 0 Å². The summed E-state index contributed by atoms with van der Waals surface area (Å²) in [5, 5.41) is 0. The standard InChI is InChI=1S/C19H19F3N2O4/c1-23(10-13-4-6-15(7-5-13)28-19(20,21)22)18(26)14-9-17(25)24(11-14)12-16-3-2-8-27-16/h2-8,14H,9-12H2,1H3/t14-/m0/s1. The van der Waals surface area contributed by atoms with E-state index in [0.717, 1.165) is 0 Å². The second-order valence-corrected chi connectivity index (χ2v) is 6.64. The Morgan fingerprint density at radius 2 is 2.00 bits per heavy atom. The maximum atomic E-state index is 12.6. The third-order valence-electron chi connectivity index (χ3n) is 4.44. The average Bonchev–Trinajstić information content (AvgIpc) is 3.25. The summed E-state index contributed by atoms with van der Waals surface area (Å²) in [6.45, 7) is 0.842. The van der Waals surface area contributed by atoms with Crippen molar-refractivity contribution < 1.29 is 31.9 Å². The van der Waals surface area contributed by atoms with Crippen LogP contribution in [0.5, 0.6) is 5.75 Å². The number of rotatable bonds is 6. The molecule has 2 amide bonds. The Balaban J connectivity index is 1.55. The number of benzene rings is 1. The van der Waals surface area contributed by atoms with Crippen molar-refractivity contribution in [3.8, 4) is 5.75 Å². The predicted molar refractivity (Wildman–Crippen MR) is 91.8 cm³/mol. The predicted octanol–water partition coefficient (Wildman–Crippen LogP) is 3.19. The number of carbonyl (C=O) groups is 2. The van der Waals surface area contributed by atoms with Gasteiger partial charge < -0.3 is 19.0 Å². The first-order valence-electron chi connectivity index (χ1n) is 8.61. The van der Waals surface area contributed by atoms with Crippen molar-refractivity contribution in [1.82, 2.24) is 9.80 Å². The van der Waals surface area contributed by atoms with Crippen LogP contribution < -0.4 is 4.74 Å². The molecule has 28 heavy (non-hydrogen) atoms. The van der Waals surface area contributed by atoms with Crippen molar-refractivity contribution in [1.29, 1.82) is 0 Å². The van der Waals surface area contributed by atoms with Gasteiger partial charge in [-0.05, 0) is 29.8 Å². The van der Waals surface area contributed by atoms with Gasteiger partial charge in [0.15, 0.2) is 0 Å².